The Labute approximate surface area is 129 Å². The lowest BCUT2D eigenvalue weighted by atomic mass is 10.1. The van der Waals surface area contributed by atoms with E-state index in [-0.39, 0.29) is 12.2 Å². The predicted octanol–water partition coefficient (Wildman–Crippen LogP) is 4.38. The molecule has 114 valence electrons. The van der Waals surface area contributed by atoms with Crippen molar-refractivity contribution in [1.29, 1.82) is 0 Å². The molecule has 0 saturated carbocycles. The molecule has 0 aliphatic rings. The lowest BCUT2D eigenvalue weighted by Gasteiger charge is -2.14. The van der Waals surface area contributed by atoms with Crippen LogP contribution in [0.25, 0.3) is 0 Å². The summed E-state index contributed by atoms with van der Waals surface area (Å²) in [6.07, 6.45) is -3.62. The van der Waals surface area contributed by atoms with Crippen molar-refractivity contribution in [1.82, 2.24) is 9.78 Å². The third-order valence-electron chi connectivity index (χ3n) is 3.18. The Morgan fingerprint density at radius 2 is 1.95 bits per heavy atom. The van der Waals surface area contributed by atoms with Gasteiger partial charge in [-0.05, 0) is 34.5 Å². The Kier molecular flexibility index (Phi) is 4.61. The Balaban J connectivity index is 2.24. The third-order valence-corrected chi connectivity index (χ3v) is 4.10. The molecule has 0 amide bonds. The maximum Gasteiger partial charge on any atom is 0.418 e. The fourth-order valence-corrected chi connectivity index (χ4v) is 2.83. The van der Waals surface area contributed by atoms with Crippen LogP contribution in [0.5, 0.6) is 0 Å². The molecule has 0 saturated heterocycles. The van der Waals surface area contributed by atoms with Crippen LogP contribution in [-0.2, 0) is 26.2 Å². The molecule has 1 aromatic heterocycles. The van der Waals surface area contributed by atoms with Crippen molar-refractivity contribution in [2.45, 2.75) is 26.1 Å². The molecule has 0 fully saturated rings. The summed E-state index contributed by atoms with van der Waals surface area (Å²) in [5.41, 5.74) is 1.09. The quantitative estimate of drug-likeness (QED) is 0.875. The number of halogens is 4. The van der Waals surface area contributed by atoms with Crippen LogP contribution in [0.2, 0.25) is 0 Å². The molecular formula is C14H15BrF3N3. The maximum atomic E-state index is 12.9. The molecule has 1 N–H and O–H groups in total. The molecule has 2 aromatic rings. The van der Waals surface area contributed by atoms with Gasteiger partial charge < -0.3 is 5.32 Å². The van der Waals surface area contributed by atoms with Gasteiger partial charge in [0.25, 0.3) is 0 Å². The van der Waals surface area contributed by atoms with Gasteiger partial charge in [0, 0.05) is 12.7 Å². The Hall–Kier alpha value is -1.50. The minimum absolute atomic E-state index is 0.0659. The number of hydrogen-bond acceptors (Lipinski definition) is 2. The topological polar surface area (TPSA) is 29.9 Å². The Bertz CT molecular complexity index is 635. The van der Waals surface area contributed by atoms with Gasteiger partial charge in [0.1, 0.15) is 0 Å². The minimum atomic E-state index is -4.37. The Morgan fingerprint density at radius 1 is 1.29 bits per heavy atom. The van der Waals surface area contributed by atoms with E-state index >= 15 is 0 Å². The van der Waals surface area contributed by atoms with Crippen LogP contribution in [0, 0.1) is 0 Å². The van der Waals surface area contributed by atoms with Crippen LogP contribution in [0.1, 0.15) is 23.9 Å². The number of nitrogens with zero attached hydrogens (tertiary/aromatic N) is 2. The first-order valence-electron chi connectivity index (χ1n) is 6.45. The Morgan fingerprint density at radius 3 is 2.52 bits per heavy atom. The van der Waals surface area contributed by atoms with Crippen LogP contribution in [0.4, 0.5) is 18.9 Å². The largest absolute Gasteiger partial charge is 0.418 e. The second-order valence-corrected chi connectivity index (χ2v) is 5.37. The van der Waals surface area contributed by atoms with E-state index in [0.29, 0.717) is 0 Å². The highest BCUT2D eigenvalue weighted by Gasteiger charge is 2.33. The van der Waals surface area contributed by atoms with E-state index in [1.807, 2.05) is 6.92 Å². The molecule has 1 heterocycles. The van der Waals surface area contributed by atoms with E-state index in [2.05, 4.69) is 26.3 Å². The van der Waals surface area contributed by atoms with Crippen LogP contribution in [0.3, 0.4) is 0 Å². The van der Waals surface area contributed by atoms with Gasteiger partial charge in [0.15, 0.2) is 0 Å². The van der Waals surface area contributed by atoms with Gasteiger partial charge >= 0.3 is 6.18 Å². The highest BCUT2D eigenvalue weighted by atomic mass is 79.9. The number of anilines is 1. The molecule has 21 heavy (non-hydrogen) atoms. The van der Waals surface area contributed by atoms with Crippen LogP contribution in [-0.4, -0.2) is 9.78 Å². The van der Waals surface area contributed by atoms with Gasteiger partial charge in [-0.3, -0.25) is 4.68 Å². The maximum absolute atomic E-state index is 12.9. The van der Waals surface area contributed by atoms with Gasteiger partial charge in [0.05, 0.1) is 28.0 Å². The summed E-state index contributed by atoms with van der Waals surface area (Å²) in [5.74, 6) is 0. The molecule has 0 unspecified atom stereocenters. The summed E-state index contributed by atoms with van der Waals surface area (Å²) >= 11 is 3.45. The first-order chi connectivity index (χ1) is 9.84. The average Bonchev–Trinajstić information content (AvgIpc) is 2.70. The van der Waals surface area contributed by atoms with E-state index < -0.39 is 11.7 Å². The second-order valence-electron chi connectivity index (χ2n) is 4.58. The van der Waals surface area contributed by atoms with Gasteiger partial charge in [-0.15, -0.1) is 0 Å². The number of alkyl halides is 3. The highest BCUT2D eigenvalue weighted by molar-refractivity contribution is 9.10. The highest BCUT2D eigenvalue weighted by Crippen LogP contribution is 2.35. The predicted molar refractivity (Wildman–Crippen MR) is 79.1 cm³/mol. The van der Waals surface area contributed by atoms with Crippen molar-refractivity contribution < 1.29 is 13.2 Å². The van der Waals surface area contributed by atoms with Crippen LogP contribution < -0.4 is 5.32 Å². The van der Waals surface area contributed by atoms with E-state index in [1.54, 1.807) is 17.8 Å². The number of nitrogens with one attached hydrogen (secondary N) is 1. The van der Waals surface area contributed by atoms with Crippen molar-refractivity contribution in [3.8, 4) is 0 Å². The zero-order chi connectivity index (χ0) is 15.6. The molecule has 0 atom stereocenters. The molecule has 1 aromatic carbocycles. The number of aryl methyl sites for hydroxylation is 2. The zero-order valence-corrected chi connectivity index (χ0v) is 13.2. The molecule has 0 spiro atoms. The molecular weight excluding hydrogens is 347 g/mol. The van der Waals surface area contributed by atoms with E-state index in [0.717, 1.165) is 28.3 Å². The van der Waals surface area contributed by atoms with Crippen molar-refractivity contribution in [2.24, 2.45) is 7.05 Å². The fraction of sp³-hybridized carbons (Fsp3) is 0.357. The SMILES string of the molecule is CCc1nn(C)c(CNc2ccccc2C(F)(F)F)c1Br. The molecule has 3 nitrogen and oxygen atoms in total. The summed E-state index contributed by atoms with van der Waals surface area (Å²) in [7, 11) is 1.77. The third kappa shape index (κ3) is 3.40. The molecule has 2 rings (SSSR count). The standard InChI is InChI=1S/C14H15BrF3N3/c1-3-10-13(15)12(21(2)20-10)8-19-11-7-5-4-6-9(11)14(16,17)18/h4-7,19H,3,8H2,1-2H3. The normalized spacial score (nSPS) is 11.7. The van der Waals surface area contributed by atoms with Crippen molar-refractivity contribution in [3.05, 3.63) is 45.7 Å². The molecule has 0 aliphatic carbocycles. The van der Waals surface area contributed by atoms with Crippen molar-refractivity contribution in [3.63, 3.8) is 0 Å². The number of aromatic nitrogens is 2. The number of hydrogen-bond donors (Lipinski definition) is 1. The second kappa shape index (κ2) is 6.09. The number of rotatable bonds is 4. The molecule has 7 heteroatoms. The van der Waals surface area contributed by atoms with E-state index in [4.69, 9.17) is 0 Å². The van der Waals surface area contributed by atoms with Gasteiger partial charge in [-0.2, -0.15) is 18.3 Å². The lowest BCUT2D eigenvalue weighted by Crippen LogP contribution is -2.12. The van der Waals surface area contributed by atoms with Crippen molar-refractivity contribution >= 4 is 21.6 Å². The number of benzene rings is 1. The van der Waals surface area contributed by atoms with Crippen molar-refractivity contribution in [2.75, 3.05) is 5.32 Å². The zero-order valence-electron chi connectivity index (χ0n) is 11.6. The van der Waals surface area contributed by atoms with Crippen LogP contribution in [0.15, 0.2) is 28.7 Å². The average molecular weight is 362 g/mol. The minimum Gasteiger partial charge on any atom is -0.379 e. The molecule has 0 aliphatic heterocycles. The lowest BCUT2D eigenvalue weighted by molar-refractivity contribution is -0.136. The summed E-state index contributed by atoms with van der Waals surface area (Å²) in [6, 6.07) is 5.45. The van der Waals surface area contributed by atoms with Gasteiger partial charge in [0.2, 0.25) is 0 Å². The summed E-state index contributed by atoms with van der Waals surface area (Å²) < 4.78 is 41.3. The molecule has 0 bridgehead atoms. The molecule has 0 radical (unpaired) electrons. The van der Waals surface area contributed by atoms with Gasteiger partial charge in [-0.1, -0.05) is 19.1 Å². The monoisotopic (exact) mass is 361 g/mol. The van der Waals surface area contributed by atoms with E-state index in [1.165, 1.54) is 12.1 Å². The van der Waals surface area contributed by atoms with E-state index in [9.17, 15) is 13.2 Å². The number of para-hydroxylation sites is 1. The summed E-state index contributed by atoms with van der Waals surface area (Å²) in [4.78, 5) is 0. The smallest absolute Gasteiger partial charge is 0.379 e. The summed E-state index contributed by atoms with van der Waals surface area (Å²) in [6.45, 7) is 2.24. The van der Waals surface area contributed by atoms with Gasteiger partial charge in [-0.25, -0.2) is 0 Å². The first-order valence-corrected chi connectivity index (χ1v) is 7.24. The fourth-order valence-electron chi connectivity index (χ4n) is 2.08. The van der Waals surface area contributed by atoms with Crippen LogP contribution >= 0.6 is 15.9 Å². The first kappa shape index (κ1) is 15.9. The summed E-state index contributed by atoms with van der Waals surface area (Å²) in [5, 5.41) is 7.16.